The van der Waals surface area contributed by atoms with Crippen molar-refractivity contribution in [2.24, 2.45) is 0 Å². The lowest BCUT2D eigenvalue weighted by Gasteiger charge is -2.10. The quantitative estimate of drug-likeness (QED) is 0.544. The van der Waals surface area contributed by atoms with Gasteiger partial charge < -0.3 is 10.6 Å². The Morgan fingerprint density at radius 3 is 2.64 bits per heavy atom. The topological polar surface area (TPSA) is 71.8 Å². The van der Waals surface area contributed by atoms with E-state index in [1.54, 1.807) is 10.9 Å². The molecule has 140 valence electrons. The van der Waals surface area contributed by atoms with Crippen molar-refractivity contribution in [3.05, 3.63) is 84.7 Å². The Balaban J connectivity index is 1.27. The fourth-order valence-electron chi connectivity index (χ4n) is 3.11. The summed E-state index contributed by atoms with van der Waals surface area (Å²) in [5.41, 5.74) is 2.75. The van der Waals surface area contributed by atoms with Crippen LogP contribution in [0.5, 0.6) is 0 Å². The molecule has 2 heterocycles. The van der Waals surface area contributed by atoms with Crippen LogP contribution in [0.1, 0.15) is 5.56 Å². The first kappa shape index (κ1) is 17.7. The smallest absolute Gasteiger partial charge is 0.315 e. The van der Waals surface area contributed by atoms with Gasteiger partial charge in [-0.2, -0.15) is 5.10 Å². The molecule has 0 aliphatic heterocycles. The molecule has 2 amide bonds. The van der Waals surface area contributed by atoms with Crippen LogP contribution >= 0.6 is 0 Å². The molecule has 6 nitrogen and oxygen atoms in total. The maximum Gasteiger partial charge on any atom is 0.315 e. The normalized spacial score (nSPS) is 10.7. The van der Waals surface area contributed by atoms with E-state index in [9.17, 15) is 4.79 Å². The van der Waals surface area contributed by atoms with E-state index in [1.807, 2.05) is 54.7 Å². The van der Waals surface area contributed by atoms with Crippen LogP contribution in [0.3, 0.4) is 0 Å². The first-order valence-corrected chi connectivity index (χ1v) is 9.23. The van der Waals surface area contributed by atoms with Crippen LogP contribution < -0.4 is 10.6 Å². The van der Waals surface area contributed by atoms with E-state index in [4.69, 9.17) is 0 Å². The third-order valence-electron chi connectivity index (χ3n) is 4.51. The summed E-state index contributed by atoms with van der Waals surface area (Å²) in [6.07, 6.45) is 3.63. The largest absolute Gasteiger partial charge is 0.336 e. The van der Waals surface area contributed by atoms with Gasteiger partial charge in [-0.1, -0.05) is 48.5 Å². The van der Waals surface area contributed by atoms with E-state index < -0.39 is 0 Å². The second-order valence-corrected chi connectivity index (χ2v) is 6.43. The maximum atomic E-state index is 12.1. The van der Waals surface area contributed by atoms with Crippen molar-refractivity contribution in [2.45, 2.75) is 13.1 Å². The SMILES string of the molecule is O=C(NCCn1ccc(-c2ccccn2)n1)NCc1cccc2ccccc12. The number of carbonyl (C=O) groups is 1. The molecule has 2 aromatic carbocycles. The number of benzene rings is 2. The van der Waals surface area contributed by atoms with Crippen molar-refractivity contribution in [3.8, 4) is 11.4 Å². The fraction of sp³-hybridized carbons (Fsp3) is 0.136. The number of urea groups is 1. The minimum atomic E-state index is -0.190. The molecule has 4 aromatic rings. The molecule has 4 rings (SSSR count). The second-order valence-electron chi connectivity index (χ2n) is 6.43. The van der Waals surface area contributed by atoms with Crippen LogP contribution in [-0.2, 0) is 13.1 Å². The number of nitrogens with one attached hydrogen (secondary N) is 2. The molecule has 0 saturated carbocycles. The lowest BCUT2D eigenvalue weighted by molar-refractivity contribution is 0.240. The number of pyridine rings is 1. The molecular weight excluding hydrogens is 350 g/mol. The van der Waals surface area contributed by atoms with Gasteiger partial charge >= 0.3 is 6.03 Å². The summed E-state index contributed by atoms with van der Waals surface area (Å²) >= 11 is 0. The Morgan fingerprint density at radius 2 is 1.75 bits per heavy atom. The van der Waals surface area contributed by atoms with Gasteiger partial charge in [0.25, 0.3) is 0 Å². The monoisotopic (exact) mass is 371 g/mol. The zero-order valence-electron chi connectivity index (χ0n) is 15.4. The first-order valence-electron chi connectivity index (χ1n) is 9.23. The van der Waals surface area contributed by atoms with Gasteiger partial charge in [0.2, 0.25) is 0 Å². The Bertz CT molecular complexity index is 1070. The lowest BCUT2D eigenvalue weighted by atomic mass is 10.0. The van der Waals surface area contributed by atoms with E-state index >= 15 is 0 Å². The Kier molecular flexibility index (Phi) is 5.29. The predicted octanol–water partition coefficient (Wildman–Crippen LogP) is 3.60. The molecule has 0 bridgehead atoms. The number of nitrogens with zero attached hydrogens (tertiary/aromatic N) is 3. The van der Waals surface area contributed by atoms with Crippen molar-refractivity contribution < 1.29 is 4.79 Å². The van der Waals surface area contributed by atoms with E-state index in [0.29, 0.717) is 19.6 Å². The molecule has 28 heavy (non-hydrogen) atoms. The highest BCUT2D eigenvalue weighted by Gasteiger charge is 2.05. The lowest BCUT2D eigenvalue weighted by Crippen LogP contribution is -2.36. The first-order chi connectivity index (χ1) is 13.8. The van der Waals surface area contributed by atoms with Crippen LogP contribution in [0.2, 0.25) is 0 Å². The molecule has 0 spiro atoms. The van der Waals surface area contributed by atoms with Crippen LogP contribution in [0, 0.1) is 0 Å². The summed E-state index contributed by atoms with van der Waals surface area (Å²) in [4.78, 5) is 16.4. The fourth-order valence-corrected chi connectivity index (χ4v) is 3.11. The predicted molar refractivity (Wildman–Crippen MR) is 110 cm³/mol. The van der Waals surface area contributed by atoms with Gasteiger partial charge in [0.1, 0.15) is 5.69 Å². The summed E-state index contributed by atoms with van der Waals surface area (Å²) in [7, 11) is 0. The highest BCUT2D eigenvalue weighted by Crippen LogP contribution is 2.18. The van der Waals surface area contributed by atoms with E-state index in [2.05, 4.69) is 38.9 Å². The number of hydrogen-bond acceptors (Lipinski definition) is 3. The number of aromatic nitrogens is 3. The Hall–Kier alpha value is -3.67. The number of amides is 2. The number of rotatable bonds is 6. The second kappa shape index (κ2) is 8.35. The summed E-state index contributed by atoms with van der Waals surface area (Å²) in [6, 6.07) is 21.7. The minimum absolute atomic E-state index is 0.190. The molecule has 0 aliphatic carbocycles. The van der Waals surface area contributed by atoms with E-state index in [0.717, 1.165) is 22.3 Å². The van der Waals surface area contributed by atoms with Crippen molar-refractivity contribution in [3.63, 3.8) is 0 Å². The standard InChI is InChI=1S/C22H21N5O/c28-22(25-16-18-8-5-7-17-6-1-2-9-19(17)18)24-13-15-27-14-11-21(26-27)20-10-3-4-12-23-20/h1-12,14H,13,15-16H2,(H2,24,25,28). The van der Waals surface area contributed by atoms with E-state index in [1.165, 1.54) is 5.39 Å². The molecule has 2 N–H and O–H groups in total. The molecule has 0 aliphatic rings. The molecule has 0 radical (unpaired) electrons. The number of fused-ring (bicyclic) bond motifs is 1. The maximum absolute atomic E-state index is 12.1. The van der Waals surface area contributed by atoms with Crippen molar-refractivity contribution in [1.29, 1.82) is 0 Å². The number of hydrogen-bond donors (Lipinski definition) is 2. The molecule has 0 unspecified atom stereocenters. The molecular formula is C22H21N5O. The van der Waals surface area contributed by atoms with Gasteiger partial charge in [0, 0.05) is 25.5 Å². The third-order valence-corrected chi connectivity index (χ3v) is 4.51. The number of carbonyl (C=O) groups excluding carboxylic acids is 1. The average Bonchev–Trinajstić information content (AvgIpc) is 3.22. The van der Waals surface area contributed by atoms with Crippen LogP contribution in [0.15, 0.2) is 79.1 Å². The Morgan fingerprint density at radius 1 is 0.893 bits per heavy atom. The van der Waals surface area contributed by atoms with Crippen LogP contribution in [0.4, 0.5) is 4.79 Å². The molecule has 2 aromatic heterocycles. The molecule has 0 saturated heterocycles. The van der Waals surface area contributed by atoms with Crippen LogP contribution in [-0.4, -0.2) is 27.3 Å². The van der Waals surface area contributed by atoms with Crippen LogP contribution in [0.25, 0.3) is 22.2 Å². The summed E-state index contributed by atoms with van der Waals surface area (Å²) in [6.45, 7) is 1.57. The summed E-state index contributed by atoms with van der Waals surface area (Å²) in [5.74, 6) is 0. The zero-order valence-corrected chi connectivity index (χ0v) is 15.4. The zero-order chi connectivity index (χ0) is 19.2. The summed E-state index contributed by atoms with van der Waals surface area (Å²) < 4.78 is 1.80. The van der Waals surface area contributed by atoms with Crippen molar-refractivity contribution in [1.82, 2.24) is 25.4 Å². The third kappa shape index (κ3) is 4.17. The van der Waals surface area contributed by atoms with Gasteiger partial charge in [-0.25, -0.2) is 4.79 Å². The van der Waals surface area contributed by atoms with Gasteiger partial charge in [0.15, 0.2) is 0 Å². The Labute approximate surface area is 163 Å². The summed E-state index contributed by atoms with van der Waals surface area (Å²) in [5, 5.41) is 12.6. The van der Waals surface area contributed by atoms with Gasteiger partial charge in [0.05, 0.1) is 12.2 Å². The van der Waals surface area contributed by atoms with Gasteiger partial charge in [-0.15, -0.1) is 0 Å². The molecule has 0 fully saturated rings. The molecule has 6 heteroatoms. The van der Waals surface area contributed by atoms with Crippen molar-refractivity contribution >= 4 is 16.8 Å². The van der Waals surface area contributed by atoms with Gasteiger partial charge in [-0.05, 0) is 34.5 Å². The minimum Gasteiger partial charge on any atom is -0.336 e. The van der Waals surface area contributed by atoms with Gasteiger partial charge in [-0.3, -0.25) is 9.67 Å². The molecule has 0 atom stereocenters. The van der Waals surface area contributed by atoms with E-state index in [-0.39, 0.29) is 6.03 Å². The highest BCUT2D eigenvalue weighted by molar-refractivity contribution is 5.86. The highest BCUT2D eigenvalue weighted by atomic mass is 16.2. The van der Waals surface area contributed by atoms with Crippen molar-refractivity contribution in [2.75, 3.05) is 6.54 Å². The average molecular weight is 371 g/mol.